The highest BCUT2D eigenvalue weighted by Gasteiger charge is 2.71. The Balaban J connectivity index is 2.97. The van der Waals surface area contributed by atoms with Crippen LogP contribution in [0.15, 0.2) is 30.3 Å². The first-order chi connectivity index (χ1) is 11.6. The molecule has 0 saturated heterocycles. The lowest BCUT2D eigenvalue weighted by Crippen LogP contribution is -2.54. The molecule has 0 aromatic heterocycles. The fourth-order valence-electron chi connectivity index (χ4n) is 2.60. The fourth-order valence-corrected chi connectivity index (χ4v) is 3.24. The van der Waals surface area contributed by atoms with Gasteiger partial charge in [-0.3, -0.25) is 4.72 Å². The van der Waals surface area contributed by atoms with Crippen molar-refractivity contribution in [1.82, 2.24) is 0 Å². The van der Waals surface area contributed by atoms with Crippen LogP contribution in [-0.2, 0) is 15.6 Å². The Morgan fingerprint density at radius 1 is 0.962 bits per heavy atom. The van der Waals surface area contributed by atoms with Crippen LogP contribution in [0.5, 0.6) is 0 Å². The van der Waals surface area contributed by atoms with Crippen LogP contribution in [0.4, 0.5) is 32.0 Å². The van der Waals surface area contributed by atoms with E-state index in [0.29, 0.717) is 6.07 Å². The largest absolute Gasteiger partial charge is 0.430 e. The fraction of sp³-hybridized carbons (Fsp3) is 0.333. The van der Waals surface area contributed by atoms with E-state index in [0.717, 1.165) is 25.3 Å². The van der Waals surface area contributed by atoms with Crippen molar-refractivity contribution < 1.29 is 39.9 Å². The zero-order valence-corrected chi connectivity index (χ0v) is 14.1. The highest BCUT2D eigenvalue weighted by atomic mass is 32.2. The third-order valence-corrected chi connectivity index (χ3v) is 4.31. The lowest BCUT2D eigenvalue weighted by Gasteiger charge is -2.34. The van der Waals surface area contributed by atoms with E-state index in [1.54, 1.807) is 0 Å². The maximum Gasteiger partial charge on any atom is 0.430 e. The molecule has 2 N–H and O–H groups in total. The second kappa shape index (κ2) is 6.02. The molecule has 0 bridgehead atoms. The molecule has 0 amide bonds. The summed E-state index contributed by atoms with van der Waals surface area (Å²) in [6, 6.07) is 5.08. The number of anilines is 1. The van der Waals surface area contributed by atoms with Crippen LogP contribution in [-0.4, -0.2) is 32.1 Å². The normalized spacial score (nSPS) is 13.9. The summed E-state index contributed by atoms with van der Waals surface area (Å²) < 4.78 is 104. The minimum atomic E-state index is -6.05. The maximum absolute atomic E-state index is 13.2. The Bertz CT molecular complexity index is 936. The van der Waals surface area contributed by atoms with E-state index in [1.807, 2.05) is 0 Å². The van der Waals surface area contributed by atoms with Crippen LogP contribution >= 0.6 is 0 Å². The Morgan fingerprint density at radius 3 is 1.85 bits per heavy atom. The van der Waals surface area contributed by atoms with E-state index in [9.17, 15) is 39.9 Å². The minimum Gasteiger partial charge on any atom is -0.369 e. The Labute approximate surface area is 144 Å². The van der Waals surface area contributed by atoms with Gasteiger partial charge in [-0.05, 0) is 23.9 Å². The number of fused-ring (bicyclic) bond motifs is 1. The average molecular weight is 401 g/mol. The number of hydrogen-bond acceptors (Lipinski definition) is 3. The third-order valence-electron chi connectivity index (χ3n) is 3.74. The van der Waals surface area contributed by atoms with Crippen molar-refractivity contribution in [3.63, 3.8) is 0 Å². The first-order valence-electron chi connectivity index (χ1n) is 6.96. The smallest absolute Gasteiger partial charge is 0.369 e. The quantitative estimate of drug-likeness (QED) is 0.769. The van der Waals surface area contributed by atoms with Crippen molar-refractivity contribution in [3.8, 4) is 0 Å². The SMILES string of the molecule is Cc1cc(C(O)(C(F)(F)F)C(F)(F)F)c2ccccc2c1NS(C)(=O)=O. The predicted octanol–water partition coefficient (Wildman–Crippen LogP) is 3.83. The topological polar surface area (TPSA) is 66.4 Å². The highest BCUT2D eigenvalue weighted by Crippen LogP contribution is 2.52. The number of halogens is 6. The Kier molecular flexibility index (Phi) is 4.70. The van der Waals surface area contributed by atoms with E-state index >= 15 is 0 Å². The van der Waals surface area contributed by atoms with Gasteiger partial charge < -0.3 is 5.11 Å². The van der Waals surface area contributed by atoms with Gasteiger partial charge in [0.25, 0.3) is 5.60 Å². The minimum absolute atomic E-state index is 0.168. The van der Waals surface area contributed by atoms with Crippen LogP contribution in [0.25, 0.3) is 10.8 Å². The number of aliphatic hydroxyl groups is 1. The summed E-state index contributed by atoms with van der Waals surface area (Å²) in [7, 11) is -3.85. The Hall–Kier alpha value is -2.01. The Morgan fingerprint density at radius 2 is 1.42 bits per heavy atom. The lowest BCUT2D eigenvalue weighted by atomic mass is 9.86. The molecule has 4 nitrogen and oxygen atoms in total. The molecule has 0 aliphatic heterocycles. The van der Waals surface area contributed by atoms with Gasteiger partial charge in [0.2, 0.25) is 10.0 Å². The molecule has 0 aliphatic carbocycles. The second-order valence-corrected chi connectivity index (χ2v) is 7.49. The average Bonchev–Trinajstić information content (AvgIpc) is 2.45. The summed E-state index contributed by atoms with van der Waals surface area (Å²) in [5.41, 5.74) is -6.92. The summed E-state index contributed by atoms with van der Waals surface area (Å²) in [6.45, 7) is 1.14. The summed E-state index contributed by atoms with van der Waals surface area (Å²) in [6.07, 6.45) is -11.3. The van der Waals surface area contributed by atoms with Gasteiger partial charge in [0.1, 0.15) is 0 Å². The number of alkyl halides is 6. The summed E-state index contributed by atoms with van der Waals surface area (Å²) in [5, 5.41) is 8.92. The van der Waals surface area contributed by atoms with Crippen LogP contribution in [0.1, 0.15) is 11.1 Å². The van der Waals surface area contributed by atoms with Crippen molar-refractivity contribution >= 4 is 26.5 Å². The van der Waals surface area contributed by atoms with Crippen LogP contribution in [0.2, 0.25) is 0 Å². The standard InChI is InChI=1S/C15H13F6NO3S/c1-8-7-11(13(23,14(16,17)18)15(19,20)21)9-5-3-4-6-10(9)12(8)22-26(2,24)25/h3-7,22-23H,1-2H3. The summed E-state index contributed by atoms with van der Waals surface area (Å²) in [4.78, 5) is 0. The summed E-state index contributed by atoms with van der Waals surface area (Å²) in [5.74, 6) is 0. The van der Waals surface area contributed by atoms with Crippen LogP contribution in [0, 0.1) is 6.92 Å². The number of sulfonamides is 1. The van der Waals surface area contributed by atoms with E-state index in [1.165, 1.54) is 12.1 Å². The van der Waals surface area contributed by atoms with Crippen molar-refractivity contribution in [1.29, 1.82) is 0 Å². The van der Waals surface area contributed by atoms with E-state index in [2.05, 4.69) is 4.72 Å². The molecular weight excluding hydrogens is 388 g/mol. The number of rotatable bonds is 3. The third kappa shape index (κ3) is 3.32. The van der Waals surface area contributed by atoms with Crippen LogP contribution < -0.4 is 4.72 Å². The molecule has 0 aliphatic rings. The molecule has 0 spiro atoms. The highest BCUT2D eigenvalue weighted by molar-refractivity contribution is 7.92. The molecule has 0 radical (unpaired) electrons. The molecule has 11 heteroatoms. The second-order valence-electron chi connectivity index (χ2n) is 5.74. The first-order valence-corrected chi connectivity index (χ1v) is 8.85. The number of nitrogens with one attached hydrogen (secondary N) is 1. The van der Waals surface area contributed by atoms with Crippen molar-refractivity contribution in [2.75, 3.05) is 11.0 Å². The molecule has 0 fully saturated rings. The van der Waals surface area contributed by atoms with E-state index < -0.39 is 38.9 Å². The zero-order chi connectivity index (χ0) is 20.1. The molecule has 0 unspecified atom stereocenters. The monoisotopic (exact) mass is 401 g/mol. The van der Waals surface area contributed by atoms with E-state index in [-0.39, 0.29) is 16.6 Å². The van der Waals surface area contributed by atoms with Crippen LogP contribution in [0.3, 0.4) is 0 Å². The predicted molar refractivity (Wildman–Crippen MR) is 83.2 cm³/mol. The van der Waals surface area contributed by atoms with Crippen molar-refractivity contribution in [2.24, 2.45) is 0 Å². The molecular formula is C15H13F6NO3S. The molecule has 2 rings (SSSR count). The maximum atomic E-state index is 13.2. The van der Waals surface area contributed by atoms with Gasteiger partial charge in [-0.25, -0.2) is 8.42 Å². The molecule has 26 heavy (non-hydrogen) atoms. The zero-order valence-electron chi connectivity index (χ0n) is 13.3. The van der Waals surface area contributed by atoms with Gasteiger partial charge in [-0.2, -0.15) is 26.3 Å². The molecule has 0 saturated carbocycles. The number of hydrogen-bond donors (Lipinski definition) is 2. The molecule has 144 valence electrons. The first kappa shape index (κ1) is 20.3. The van der Waals surface area contributed by atoms with Gasteiger partial charge in [0.15, 0.2) is 0 Å². The molecule has 2 aromatic rings. The van der Waals surface area contributed by atoms with Gasteiger partial charge in [-0.15, -0.1) is 0 Å². The van der Waals surface area contributed by atoms with Gasteiger partial charge in [-0.1, -0.05) is 24.3 Å². The lowest BCUT2D eigenvalue weighted by molar-refractivity contribution is -0.375. The summed E-state index contributed by atoms with van der Waals surface area (Å²) >= 11 is 0. The number of benzene rings is 2. The number of aryl methyl sites for hydroxylation is 1. The van der Waals surface area contributed by atoms with Crippen molar-refractivity contribution in [2.45, 2.75) is 24.9 Å². The van der Waals surface area contributed by atoms with Gasteiger partial charge in [0.05, 0.1) is 11.9 Å². The molecule has 0 atom stereocenters. The molecule has 2 aromatic carbocycles. The van der Waals surface area contributed by atoms with Gasteiger partial charge >= 0.3 is 12.4 Å². The molecule has 0 heterocycles. The van der Waals surface area contributed by atoms with Gasteiger partial charge in [0, 0.05) is 10.9 Å². The van der Waals surface area contributed by atoms with Crippen molar-refractivity contribution in [3.05, 3.63) is 41.5 Å². The van der Waals surface area contributed by atoms with E-state index in [4.69, 9.17) is 0 Å².